The van der Waals surface area contributed by atoms with Crippen LogP contribution in [0.1, 0.15) is 54.4 Å². The number of nitrogens with zero attached hydrogens (tertiary/aromatic N) is 2. The third-order valence-electron chi connectivity index (χ3n) is 8.03. The third-order valence-corrected chi connectivity index (χ3v) is 8.03. The van der Waals surface area contributed by atoms with Crippen LogP contribution in [0.5, 0.6) is 5.75 Å². The molecule has 0 spiro atoms. The average molecular weight is 499 g/mol. The molecule has 3 aromatic rings. The molecule has 4 aliphatic carbocycles. The van der Waals surface area contributed by atoms with Gasteiger partial charge in [0.1, 0.15) is 5.75 Å². The van der Waals surface area contributed by atoms with Crippen molar-refractivity contribution in [2.75, 3.05) is 6.61 Å². The number of benzene rings is 2. The second kappa shape index (κ2) is 8.35. The highest BCUT2D eigenvalue weighted by atomic mass is 19.4. The molecule has 4 fully saturated rings. The van der Waals surface area contributed by atoms with Crippen molar-refractivity contribution in [2.24, 2.45) is 17.8 Å². The minimum atomic E-state index is -4.42. The molecule has 7 rings (SSSR count). The molecule has 36 heavy (non-hydrogen) atoms. The predicted molar refractivity (Wildman–Crippen MR) is 124 cm³/mol. The molecule has 0 aliphatic heterocycles. The lowest BCUT2D eigenvalue weighted by atomic mass is 9.48. The van der Waals surface area contributed by atoms with Gasteiger partial charge in [0.15, 0.2) is 6.61 Å². The molecule has 9 heteroatoms. The number of aromatic nitrogens is 2. The second-order valence-electron chi connectivity index (χ2n) is 10.6. The molecule has 1 heterocycles. The number of alkyl halides is 3. The standard InChI is InChI=1S/C27H25F3N2O4/c28-27(29,30)14-35-22-6-5-20(10-21(22)26-11-15-7-16(12-26)9-17(8-15)13-26)24-32-31-23(36-24)18-1-3-19(4-2-18)25(33)34/h1-6,10,15-17H,7-9,11-14H2,(H,33,34). The number of aromatic carboxylic acids is 1. The number of rotatable bonds is 6. The van der Waals surface area contributed by atoms with Crippen molar-refractivity contribution < 1.29 is 32.2 Å². The minimum absolute atomic E-state index is 0.146. The van der Waals surface area contributed by atoms with E-state index in [9.17, 15) is 18.0 Å². The maximum atomic E-state index is 13.0. The largest absolute Gasteiger partial charge is 0.484 e. The van der Waals surface area contributed by atoms with Crippen LogP contribution in [0.2, 0.25) is 0 Å². The lowest BCUT2D eigenvalue weighted by Crippen LogP contribution is -2.48. The van der Waals surface area contributed by atoms with Crippen molar-refractivity contribution in [1.82, 2.24) is 10.2 Å². The minimum Gasteiger partial charge on any atom is -0.484 e. The zero-order chi connectivity index (χ0) is 25.1. The number of carboxylic acids is 1. The summed E-state index contributed by atoms with van der Waals surface area (Å²) in [6.07, 6.45) is 2.12. The lowest BCUT2D eigenvalue weighted by Gasteiger charge is -2.57. The highest BCUT2D eigenvalue weighted by Crippen LogP contribution is 2.62. The Kier molecular flexibility index (Phi) is 5.35. The van der Waals surface area contributed by atoms with E-state index >= 15 is 0 Å². The van der Waals surface area contributed by atoms with Gasteiger partial charge in [-0.05, 0) is 104 Å². The maximum absolute atomic E-state index is 13.0. The first-order valence-corrected chi connectivity index (χ1v) is 12.2. The summed E-state index contributed by atoms with van der Waals surface area (Å²) in [5, 5.41) is 17.4. The number of carbonyl (C=O) groups is 1. The molecule has 4 bridgehead atoms. The van der Waals surface area contributed by atoms with Crippen LogP contribution in [0.15, 0.2) is 46.9 Å². The molecule has 0 atom stereocenters. The van der Waals surface area contributed by atoms with E-state index in [2.05, 4.69) is 10.2 Å². The first kappa shape index (κ1) is 23.1. The fourth-order valence-corrected chi connectivity index (χ4v) is 7.02. The predicted octanol–water partition coefficient (Wildman–Crippen LogP) is 6.51. The van der Waals surface area contributed by atoms with Crippen LogP contribution in [-0.4, -0.2) is 34.1 Å². The monoisotopic (exact) mass is 498 g/mol. The Morgan fingerprint density at radius 3 is 2.06 bits per heavy atom. The summed E-state index contributed by atoms with van der Waals surface area (Å²) in [6, 6.07) is 11.2. The van der Waals surface area contributed by atoms with Crippen molar-refractivity contribution in [2.45, 2.75) is 50.1 Å². The number of halogens is 3. The van der Waals surface area contributed by atoms with Gasteiger partial charge in [0, 0.05) is 16.7 Å². The van der Waals surface area contributed by atoms with E-state index in [-0.39, 0.29) is 28.5 Å². The zero-order valence-electron chi connectivity index (χ0n) is 19.4. The molecule has 4 saturated carbocycles. The molecule has 1 N–H and O–H groups in total. The van der Waals surface area contributed by atoms with E-state index in [1.807, 2.05) is 6.07 Å². The Hall–Kier alpha value is -3.36. The van der Waals surface area contributed by atoms with Crippen LogP contribution in [-0.2, 0) is 5.41 Å². The summed E-state index contributed by atoms with van der Waals surface area (Å²) in [6.45, 7) is -1.33. The van der Waals surface area contributed by atoms with Crippen LogP contribution < -0.4 is 4.74 Å². The van der Waals surface area contributed by atoms with Crippen molar-refractivity contribution in [3.8, 4) is 28.7 Å². The van der Waals surface area contributed by atoms with Crippen molar-refractivity contribution in [3.63, 3.8) is 0 Å². The summed E-state index contributed by atoms with van der Waals surface area (Å²) in [5.41, 5.74) is 1.97. The topological polar surface area (TPSA) is 85.5 Å². The van der Waals surface area contributed by atoms with Gasteiger partial charge in [0.25, 0.3) is 0 Å². The van der Waals surface area contributed by atoms with E-state index in [1.165, 1.54) is 31.4 Å². The molecule has 0 amide bonds. The van der Waals surface area contributed by atoms with E-state index in [1.54, 1.807) is 24.3 Å². The molecular formula is C27H25F3N2O4. The molecule has 0 saturated heterocycles. The van der Waals surface area contributed by atoms with Gasteiger partial charge >= 0.3 is 12.1 Å². The van der Waals surface area contributed by atoms with Crippen LogP contribution >= 0.6 is 0 Å². The fraction of sp³-hybridized carbons (Fsp3) is 0.444. The van der Waals surface area contributed by atoms with E-state index in [0.29, 0.717) is 28.9 Å². The van der Waals surface area contributed by atoms with Crippen molar-refractivity contribution in [3.05, 3.63) is 53.6 Å². The van der Waals surface area contributed by atoms with Crippen LogP contribution in [0, 0.1) is 17.8 Å². The number of ether oxygens (including phenoxy) is 1. The maximum Gasteiger partial charge on any atom is 0.422 e. The average Bonchev–Trinajstić information content (AvgIpc) is 3.32. The van der Waals surface area contributed by atoms with E-state index in [0.717, 1.165) is 24.8 Å². The molecule has 2 aromatic carbocycles. The Morgan fingerprint density at radius 1 is 0.944 bits per heavy atom. The van der Waals surface area contributed by atoms with Crippen molar-refractivity contribution in [1.29, 1.82) is 0 Å². The normalized spacial score (nSPS) is 26.8. The van der Waals surface area contributed by atoms with Crippen molar-refractivity contribution >= 4 is 5.97 Å². The van der Waals surface area contributed by atoms with Gasteiger partial charge in [-0.1, -0.05) is 0 Å². The fourth-order valence-electron chi connectivity index (χ4n) is 7.02. The number of hydrogen-bond donors (Lipinski definition) is 1. The van der Waals surface area contributed by atoms with Crippen LogP contribution in [0.3, 0.4) is 0 Å². The number of carboxylic acid groups (broad SMARTS) is 1. The third kappa shape index (κ3) is 4.24. The highest BCUT2D eigenvalue weighted by Gasteiger charge is 2.52. The van der Waals surface area contributed by atoms with Gasteiger partial charge in [-0.3, -0.25) is 0 Å². The second-order valence-corrected chi connectivity index (χ2v) is 10.6. The quantitative estimate of drug-likeness (QED) is 0.417. The van der Waals surface area contributed by atoms with Gasteiger partial charge in [-0.25, -0.2) is 4.79 Å². The number of hydrogen-bond acceptors (Lipinski definition) is 5. The van der Waals surface area contributed by atoms with Gasteiger partial charge in [0.2, 0.25) is 11.8 Å². The Bertz CT molecular complexity index is 1260. The molecule has 1 aromatic heterocycles. The Labute approximate surface area is 205 Å². The van der Waals surface area contributed by atoms with Gasteiger partial charge in [-0.2, -0.15) is 13.2 Å². The smallest absolute Gasteiger partial charge is 0.422 e. The SMILES string of the molecule is O=C(O)c1ccc(-c2nnc(-c3ccc(OCC(F)(F)F)c(C45CC6CC(CC(C6)C4)C5)c3)o2)cc1. The molecule has 0 unspecified atom stereocenters. The van der Waals surface area contributed by atoms with E-state index in [4.69, 9.17) is 14.3 Å². The highest BCUT2D eigenvalue weighted by molar-refractivity contribution is 5.88. The summed E-state index contributed by atoms with van der Waals surface area (Å²) in [7, 11) is 0. The molecule has 4 aliphatic rings. The first-order valence-electron chi connectivity index (χ1n) is 12.2. The zero-order valence-corrected chi connectivity index (χ0v) is 19.4. The molecule has 6 nitrogen and oxygen atoms in total. The molecule has 188 valence electrons. The van der Waals surface area contributed by atoms with Crippen LogP contribution in [0.25, 0.3) is 22.9 Å². The van der Waals surface area contributed by atoms with Gasteiger partial charge < -0.3 is 14.3 Å². The van der Waals surface area contributed by atoms with Crippen LogP contribution in [0.4, 0.5) is 13.2 Å². The summed E-state index contributed by atoms with van der Waals surface area (Å²) in [4.78, 5) is 11.1. The Morgan fingerprint density at radius 2 is 1.50 bits per heavy atom. The lowest BCUT2D eigenvalue weighted by molar-refractivity contribution is -0.153. The summed E-state index contributed by atoms with van der Waals surface area (Å²) in [5.74, 6) is 1.56. The van der Waals surface area contributed by atoms with Gasteiger partial charge in [-0.15, -0.1) is 10.2 Å². The molecular weight excluding hydrogens is 473 g/mol. The van der Waals surface area contributed by atoms with E-state index < -0.39 is 18.8 Å². The summed E-state index contributed by atoms with van der Waals surface area (Å²) >= 11 is 0. The Balaban J connectivity index is 1.36. The first-order chi connectivity index (χ1) is 17.2. The molecule has 0 radical (unpaired) electrons. The summed E-state index contributed by atoms with van der Waals surface area (Å²) < 4.78 is 50.3. The van der Waals surface area contributed by atoms with Gasteiger partial charge in [0.05, 0.1) is 5.56 Å².